The number of carbonyl (C=O) groups is 1. The van der Waals surface area contributed by atoms with Gasteiger partial charge in [-0.1, -0.05) is 33.6 Å². The molecule has 0 heterocycles. The highest BCUT2D eigenvalue weighted by Crippen LogP contribution is 2.39. The molecule has 1 rings (SSSR count). The SMILES string of the molecule is CC(C)(C)C1CCC(C(=O)NCCCCCCN)CC1. The first-order valence-corrected chi connectivity index (χ1v) is 8.43. The minimum atomic E-state index is 0.262. The Morgan fingerprint density at radius 1 is 1.05 bits per heavy atom. The fourth-order valence-corrected chi connectivity index (χ4v) is 3.20. The molecule has 0 atom stereocenters. The van der Waals surface area contributed by atoms with Crippen LogP contribution < -0.4 is 11.1 Å². The first kappa shape index (κ1) is 17.5. The van der Waals surface area contributed by atoms with Crippen LogP contribution in [0.15, 0.2) is 0 Å². The first-order valence-electron chi connectivity index (χ1n) is 8.43. The molecule has 3 nitrogen and oxygen atoms in total. The third kappa shape index (κ3) is 6.25. The van der Waals surface area contributed by atoms with Crippen LogP contribution in [-0.4, -0.2) is 19.0 Å². The topological polar surface area (TPSA) is 55.1 Å². The minimum Gasteiger partial charge on any atom is -0.356 e. The number of nitrogens with two attached hydrogens (primary N) is 1. The molecule has 0 aromatic carbocycles. The van der Waals surface area contributed by atoms with Gasteiger partial charge in [0.15, 0.2) is 0 Å². The molecule has 1 aliphatic rings. The predicted molar refractivity (Wildman–Crippen MR) is 85.4 cm³/mol. The molecular weight excluding hydrogens is 248 g/mol. The number of hydrogen-bond acceptors (Lipinski definition) is 2. The van der Waals surface area contributed by atoms with Crippen molar-refractivity contribution in [3.8, 4) is 0 Å². The summed E-state index contributed by atoms with van der Waals surface area (Å²) in [5.41, 5.74) is 5.85. The van der Waals surface area contributed by atoms with Crippen LogP contribution in [-0.2, 0) is 4.79 Å². The Labute approximate surface area is 125 Å². The highest BCUT2D eigenvalue weighted by Gasteiger charge is 2.32. The molecule has 0 aromatic rings. The summed E-state index contributed by atoms with van der Waals surface area (Å²) in [5.74, 6) is 1.33. The van der Waals surface area contributed by atoms with Crippen molar-refractivity contribution in [1.29, 1.82) is 0 Å². The van der Waals surface area contributed by atoms with Gasteiger partial charge in [-0.3, -0.25) is 4.79 Å². The molecule has 3 heteroatoms. The van der Waals surface area contributed by atoms with Crippen molar-refractivity contribution in [3.63, 3.8) is 0 Å². The number of unbranched alkanes of at least 4 members (excludes halogenated alkanes) is 3. The number of amides is 1. The van der Waals surface area contributed by atoms with Gasteiger partial charge in [0, 0.05) is 12.5 Å². The fourth-order valence-electron chi connectivity index (χ4n) is 3.20. The van der Waals surface area contributed by atoms with E-state index >= 15 is 0 Å². The van der Waals surface area contributed by atoms with Crippen LogP contribution in [0.2, 0.25) is 0 Å². The van der Waals surface area contributed by atoms with Gasteiger partial charge in [0.2, 0.25) is 5.91 Å². The summed E-state index contributed by atoms with van der Waals surface area (Å²) in [5, 5.41) is 3.11. The standard InChI is InChI=1S/C17H34N2O/c1-17(2,3)15-10-8-14(9-11-15)16(20)19-13-7-5-4-6-12-18/h14-15H,4-13,18H2,1-3H3,(H,19,20). The smallest absolute Gasteiger partial charge is 0.223 e. The zero-order valence-corrected chi connectivity index (χ0v) is 13.7. The lowest BCUT2D eigenvalue weighted by Crippen LogP contribution is -2.35. The molecule has 0 unspecified atom stereocenters. The minimum absolute atomic E-state index is 0.262. The van der Waals surface area contributed by atoms with Crippen LogP contribution in [0.25, 0.3) is 0 Å². The second-order valence-corrected chi connectivity index (χ2v) is 7.41. The van der Waals surface area contributed by atoms with Crippen LogP contribution >= 0.6 is 0 Å². The van der Waals surface area contributed by atoms with Gasteiger partial charge < -0.3 is 11.1 Å². The second-order valence-electron chi connectivity index (χ2n) is 7.41. The third-order valence-electron chi connectivity index (χ3n) is 4.75. The number of hydrogen-bond donors (Lipinski definition) is 2. The van der Waals surface area contributed by atoms with E-state index in [2.05, 4.69) is 26.1 Å². The number of rotatable bonds is 7. The van der Waals surface area contributed by atoms with Crippen molar-refractivity contribution in [2.24, 2.45) is 23.0 Å². The molecule has 1 saturated carbocycles. The molecule has 0 saturated heterocycles. The van der Waals surface area contributed by atoms with E-state index in [1.165, 1.54) is 25.7 Å². The van der Waals surface area contributed by atoms with E-state index in [1.54, 1.807) is 0 Å². The highest BCUT2D eigenvalue weighted by molar-refractivity contribution is 5.78. The van der Waals surface area contributed by atoms with Crippen LogP contribution in [0.4, 0.5) is 0 Å². The summed E-state index contributed by atoms with van der Waals surface area (Å²) in [6.07, 6.45) is 9.10. The van der Waals surface area contributed by atoms with Gasteiger partial charge in [-0.2, -0.15) is 0 Å². The van der Waals surface area contributed by atoms with E-state index in [-0.39, 0.29) is 11.8 Å². The van der Waals surface area contributed by atoms with E-state index in [0.29, 0.717) is 5.41 Å². The summed E-state index contributed by atoms with van der Waals surface area (Å²) in [6, 6.07) is 0. The van der Waals surface area contributed by atoms with Crippen molar-refractivity contribution in [2.75, 3.05) is 13.1 Å². The maximum atomic E-state index is 12.1. The zero-order valence-electron chi connectivity index (χ0n) is 13.7. The van der Waals surface area contributed by atoms with E-state index in [9.17, 15) is 4.79 Å². The van der Waals surface area contributed by atoms with E-state index in [0.717, 1.165) is 44.7 Å². The number of nitrogens with one attached hydrogen (secondary N) is 1. The van der Waals surface area contributed by atoms with Gasteiger partial charge in [-0.15, -0.1) is 0 Å². The van der Waals surface area contributed by atoms with E-state index in [4.69, 9.17) is 5.73 Å². The van der Waals surface area contributed by atoms with Crippen LogP contribution in [0.1, 0.15) is 72.1 Å². The third-order valence-corrected chi connectivity index (χ3v) is 4.75. The quantitative estimate of drug-likeness (QED) is 0.702. The molecule has 1 amide bonds. The van der Waals surface area contributed by atoms with Crippen molar-refractivity contribution >= 4 is 5.91 Å². The maximum Gasteiger partial charge on any atom is 0.223 e. The number of carbonyl (C=O) groups excluding carboxylic acids is 1. The van der Waals surface area contributed by atoms with Crippen LogP contribution in [0.3, 0.4) is 0 Å². The molecule has 0 spiro atoms. The maximum absolute atomic E-state index is 12.1. The van der Waals surface area contributed by atoms with Crippen LogP contribution in [0, 0.1) is 17.3 Å². The molecule has 20 heavy (non-hydrogen) atoms. The lowest BCUT2D eigenvalue weighted by molar-refractivity contribution is -0.126. The largest absolute Gasteiger partial charge is 0.356 e. The van der Waals surface area contributed by atoms with Crippen molar-refractivity contribution < 1.29 is 4.79 Å². The molecular formula is C17H34N2O. The molecule has 0 aromatic heterocycles. The Balaban J connectivity index is 2.13. The molecule has 0 aliphatic heterocycles. The molecule has 1 aliphatic carbocycles. The molecule has 3 N–H and O–H groups in total. The fraction of sp³-hybridized carbons (Fsp3) is 0.941. The molecule has 0 radical (unpaired) electrons. The van der Waals surface area contributed by atoms with E-state index < -0.39 is 0 Å². The van der Waals surface area contributed by atoms with Crippen molar-refractivity contribution in [1.82, 2.24) is 5.32 Å². The Bertz CT molecular complexity index is 275. The van der Waals surface area contributed by atoms with Gasteiger partial charge in [-0.05, 0) is 56.4 Å². The Hall–Kier alpha value is -0.570. The first-order chi connectivity index (χ1) is 9.45. The molecule has 1 fully saturated rings. The average Bonchev–Trinajstić information content (AvgIpc) is 2.41. The van der Waals surface area contributed by atoms with Gasteiger partial charge >= 0.3 is 0 Å². The lowest BCUT2D eigenvalue weighted by Gasteiger charge is -2.36. The van der Waals surface area contributed by atoms with Gasteiger partial charge in [0.05, 0.1) is 0 Å². The summed E-state index contributed by atoms with van der Waals surface area (Å²) in [7, 11) is 0. The zero-order chi connectivity index (χ0) is 15.0. The summed E-state index contributed by atoms with van der Waals surface area (Å²) in [6.45, 7) is 8.57. The van der Waals surface area contributed by atoms with E-state index in [1.807, 2.05) is 0 Å². The monoisotopic (exact) mass is 282 g/mol. The van der Waals surface area contributed by atoms with Crippen molar-refractivity contribution in [2.45, 2.75) is 72.1 Å². The summed E-state index contributed by atoms with van der Waals surface area (Å²) in [4.78, 5) is 12.1. The normalized spacial score (nSPS) is 23.6. The average molecular weight is 282 g/mol. The summed E-state index contributed by atoms with van der Waals surface area (Å²) < 4.78 is 0. The molecule has 118 valence electrons. The predicted octanol–water partition coefficient (Wildman–Crippen LogP) is 3.47. The Morgan fingerprint density at radius 2 is 1.65 bits per heavy atom. The summed E-state index contributed by atoms with van der Waals surface area (Å²) >= 11 is 0. The van der Waals surface area contributed by atoms with Crippen molar-refractivity contribution in [3.05, 3.63) is 0 Å². The lowest BCUT2D eigenvalue weighted by atomic mass is 9.69. The van der Waals surface area contributed by atoms with Crippen LogP contribution in [0.5, 0.6) is 0 Å². The molecule has 0 bridgehead atoms. The van der Waals surface area contributed by atoms with Gasteiger partial charge in [-0.25, -0.2) is 0 Å². The Morgan fingerprint density at radius 3 is 2.20 bits per heavy atom. The highest BCUT2D eigenvalue weighted by atomic mass is 16.1. The van der Waals surface area contributed by atoms with Gasteiger partial charge in [0.1, 0.15) is 0 Å². The Kier molecular flexibility index (Phi) is 7.57. The second kappa shape index (κ2) is 8.66. The van der Waals surface area contributed by atoms with Gasteiger partial charge in [0.25, 0.3) is 0 Å².